The van der Waals surface area contributed by atoms with Crippen molar-refractivity contribution in [1.82, 2.24) is 0 Å². The van der Waals surface area contributed by atoms with Crippen molar-refractivity contribution < 1.29 is 13.6 Å². The van der Waals surface area contributed by atoms with Gasteiger partial charge in [-0.2, -0.15) is 4.39 Å². The Morgan fingerprint density at radius 1 is 1.45 bits per heavy atom. The van der Waals surface area contributed by atoms with Gasteiger partial charge in [-0.1, -0.05) is 13.8 Å². The Morgan fingerprint density at radius 2 is 2.00 bits per heavy atom. The van der Waals surface area contributed by atoms with Crippen molar-refractivity contribution in [3.63, 3.8) is 0 Å². The third-order valence-electron chi connectivity index (χ3n) is 1.60. The number of alkyl halides is 1. The van der Waals surface area contributed by atoms with Crippen LogP contribution in [0.4, 0.5) is 8.78 Å². The Hall–Kier alpha value is -0.470. The second-order valence-corrected chi connectivity index (χ2v) is 3.49. The van der Waals surface area contributed by atoms with E-state index in [-0.39, 0.29) is 6.42 Å². The lowest BCUT2D eigenvalue weighted by atomic mass is 9.85. The van der Waals surface area contributed by atoms with Crippen LogP contribution in [0.2, 0.25) is 0 Å². The first-order valence-corrected chi connectivity index (χ1v) is 3.72. The molecule has 0 saturated heterocycles. The monoisotopic (exact) mass is 164 g/mol. The fraction of sp³-hybridized carbons (Fsp3) is 0.875. The van der Waals surface area contributed by atoms with Crippen molar-refractivity contribution in [3.8, 4) is 0 Å². The molecule has 0 bridgehead atoms. The van der Waals surface area contributed by atoms with Gasteiger partial charge in [-0.3, -0.25) is 9.18 Å². The molecule has 0 rings (SSSR count). The zero-order valence-corrected chi connectivity index (χ0v) is 6.99. The standard InChI is InChI=1S/C8H14F2O/c1-8(2,4-3-5-9)6-7(10)11/h3-6H2,1-2H3. The minimum Gasteiger partial charge on any atom is -0.261 e. The summed E-state index contributed by atoms with van der Waals surface area (Å²) in [6.07, 6.45) is 0.854. The van der Waals surface area contributed by atoms with Crippen molar-refractivity contribution in [3.05, 3.63) is 0 Å². The molecule has 0 heterocycles. The Bertz CT molecular complexity index is 132. The molecule has 1 nitrogen and oxygen atoms in total. The molecule has 0 saturated carbocycles. The molecule has 0 fully saturated rings. The van der Waals surface area contributed by atoms with Gasteiger partial charge in [-0.15, -0.1) is 0 Å². The number of carbonyl (C=O) groups is 1. The van der Waals surface area contributed by atoms with Crippen LogP contribution in [0.5, 0.6) is 0 Å². The fourth-order valence-corrected chi connectivity index (χ4v) is 1.01. The quantitative estimate of drug-likeness (QED) is 0.571. The molecule has 0 aromatic rings. The highest BCUT2D eigenvalue weighted by molar-refractivity contribution is 5.68. The summed E-state index contributed by atoms with van der Waals surface area (Å²) in [7, 11) is 0. The summed E-state index contributed by atoms with van der Waals surface area (Å²) in [6.45, 7) is 3.13. The molecule has 0 aromatic heterocycles. The maximum Gasteiger partial charge on any atom is 0.302 e. The summed E-state index contributed by atoms with van der Waals surface area (Å²) in [4.78, 5) is 10.1. The van der Waals surface area contributed by atoms with Crippen LogP contribution < -0.4 is 0 Å². The van der Waals surface area contributed by atoms with E-state index in [1.54, 1.807) is 13.8 Å². The van der Waals surface area contributed by atoms with Crippen molar-refractivity contribution in [2.75, 3.05) is 6.67 Å². The molecular formula is C8H14F2O. The Morgan fingerprint density at radius 3 is 2.36 bits per heavy atom. The zero-order valence-electron chi connectivity index (χ0n) is 6.99. The molecule has 0 radical (unpaired) electrons. The Kier molecular flexibility index (Phi) is 4.23. The first-order valence-electron chi connectivity index (χ1n) is 3.72. The maximum atomic E-state index is 11.9. The van der Waals surface area contributed by atoms with Crippen LogP contribution in [0.15, 0.2) is 0 Å². The SMILES string of the molecule is CC(C)(CCCF)CC(=O)F. The first kappa shape index (κ1) is 10.5. The lowest BCUT2D eigenvalue weighted by Gasteiger charge is -2.20. The van der Waals surface area contributed by atoms with Crippen LogP contribution in [-0.4, -0.2) is 12.7 Å². The van der Waals surface area contributed by atoms with Gasteiger partial charge in [0.25, 0.3) is 0 Å². The summed E-state index contributed by atoms with van der Waals surface area (Å²) in [5.41, 5.74) is -0.391. The van der Waals surface area contributed by atoms with Gasteiger partial charge < -0.3 is 0 Å². The average Bonchev–Trinajstić information content (AvgIpc) is 1.81. The molecule has 0 unspecified atom stereocenters. The van der Waals surface area contributed by atoms with E-state index in [1.165, 1.54) is 0 Å². The third-order valence-corrected chi connectivity index (χ3v) is 1.60. The van der Waals surface area contributed by atoms with E-state index in [4.69, 9.17) is 0 Å². The fourth-order valence-electron chi connectivity index (χ4n) is 1.01. The van der Waals surface area contributed by atoms with E-state index in [1.807, 2.05) is 0 Å². The largest absolute Gasteiger partial charge is 0.302 e. The van der Waals surface area contributed by atoms with Crippen LogP contribution in [-0.2, 0) is 4.79 Å². The molecule has 0 atom stereocenters. The van der Waals surface area contributed by atoms with Crippen molar-refractivity contribution in [2.45, 2.75) is 33.1 Å². The topological polar surface area (TPSA) is 17.1 Å². The molecule has 66 valence electrons. The predicted octanol–water partition coefficient (Wildman–Crippen LogP) is 2.65. The van der Waals surface area contributed by atoms with E-state index in [0.717, 1.165) is 0 Å². The minimum absolute atomic E-state index is 0.104. The van der Waals surface area contributed by atoms with Crippen LogP contribution in [0.25, 0.3) is 0 Å². The summed E-state index contributed by atoms with van der Waals surface area (Å²) in [5, 5.41) is 0. The Balaban J connectivity index is 3.70. The molecule has 0 amide bonds. The molecule has 0 aliphatic carbocycles. The smallest absolute Gasteiger partial charge is 0.261 e. The summed E-state index contributed by atoms with van der Waals surface area (Å²) >= 11 is 0. The zero-order chi connectivity index (χ0) is 8.91. The number of halogens is 2. The normalized spacial score (nSPS) is 11.6. The van der Waals surface area contributed by atoms with Gasteiger partial charge in [0, 0.05) is 6.42 Å². The lowest BCUT2D eigenvalue weighted by Crippen LogP contribution is -2.14. The maximum absolute atomic E-state index is 11.9. The third kappa shape index (κ3) is 5.95. The molecule has 11 heavy (non-hydrogen) atoms. The van der Waals surface area contributed by atoms with Gasteiger partial charge in [-0.25, -0.2) is 0 Å². The number of hydrogen-bond acceptors (Lipinski definition) is 1. The van der Waals surface area contributed by atoms with Crippen LogP contribution in [0.1, 0.15) is 33.1 Å². The van der Waals surface area contributed by atoms with Gasteiger partial charge in [0.2, 0.25) is 0 Å². The molecule has 0 spiro atoms. The molecule has 3 heteroatoms. The first-order chi connectivity index (χ1) is 4.98. The highest BCUT2D eigenvalue weighted by Crippen LogP contribution is 2.26. The number of rotatable bonds is 5. The van der Waals surface area contributed by atoms with Crippen LogP contribution in [0.3, 0.4) is 0 Å². The van der Waals surface area contributed by atoms with E-state index < -0.39 is 18.1 Å². The van der Waals surface area contributed by atoms with Gasteiger partial charge in [0.1, 0.15) is 0 Å². The second-order valence-electron chi connectivity index (χ2n) is 3.49. The summed E-state index contributed by atoms with van der Waals surface area (Å²) in [6, 6.07) is -1.31. The van der Waals surface area contributed by atoms with Crippen LogP contribution in [0, 0.1) is 5.41 Å². The lowest BCUT2D eigenvalue weighted by molar-refractivity contribution is -0.131. The van der Waals surface area contributed by atoms with Gasteiger partial charge in [0.05, 0.1) is 6.67 Å². The highest BCUT2D eigenvalue weighted by Gasteiger charge is 2.21. The molecule has 0 aliphatic heterocycles. The minimum atomic E-state index is -1.31. The molecule has 0 aliphatic rings. The van der Waals surface area contributed by atoms with Crippen molar-refractivity contribution >= 4 is 6.04 Å². The molecule has 0 N–H and O–H groups in total. The molecule has 0 aromatic carbocycles. The van der Waals surface area contributed by atoms with E-state index in [0.29, 0.717) is 12.8 Å². The van der Waals surface area contributed by atoms with Gasteiger partial charge in [-0.05, 0) is 18.3 Å². The van der Waals surface area contributed by atoms with E-state index in [2.05, 4.69) is 0 Å². The van der Waals surface area contributed by atoms with Crippen LogP contribution >= 0.6 is 0 Å². The Labute approximate surface area is 65.8 Å². The second kappa shape index (κ2) is 4.42. The predicted molar refractivity (Wildman–Crippen MR) is 39.7 cm³/mol. The van der Waals surface area contributed by atoms with Gasteiger partial charge >= 0.3 is 6.04 Å². The van der Waals surface area contributed by atoms with E-state index >= 15 is 0 Å². The van der Waals surface area contributed by atoms with Crippen molar-refractivity contribution in [1.29, 1.82) is 0 Å². The van der Waals surface area contributed by atoms with Crippen molar-refractivity contribution in [2.24, 2.45) is 5.41 Å². The summed E-state index contributed by atoms with van der Waals surface area (Å²) in [5.74, 6) is 0. The van der Waals surface area contributed by atoms with Gasteiger partial charge in [0.15, 0.2) is 0 Å². The average molecular weight is 164 g/mol. The number of hydrogen-bond donors (Lipinski definition) is 0. The molecular weight excluding hydrogens is 150 g/mol. The van der Waals surface area contributed by atoms with E-state index in [9.17, 15) is 13.6 Å². The summed E-state index contributed by atoms with van der Waals surface area (Å²) < 4.78 is 23.6. The highest BCUT2D eigenvalue weighted by atomic mass is 19.1. The number of carbonyl (C=O) groups excluding carboxylic acids is 1.